The fraction of sp³-hybridized carbons (Fsp3) is 0.214. The smallest absolute Gasteiger partial charge is 0.338 e. The minimum atomic E-state index is -0.431. The Labute approximate surface area is 110 Å². The third-order valence-corrected chi connectivity index (χ3v) is 2.64. The molecule has 0 aliphatic rings. The van der Waals surface area contributed by atoms with Crippen LogP contribution in [0.1, 0.15) is 27.6 Å². The molecule has 98 valence electrons. The van der Waals surface area contributed by atoms with Crippen molar-refractivity contribution in [3.63, 3.8) is 0 Å². The Balaban J connectivity index is 2.62. The van der Waals surface area contributed by atoms with Crippen molar-refractivity contribution in [2.45, 2.75) is 6.92 Å². The lowest BCUT2D eigenvalue weighted by atomic mass is 10.1. The van der Waals surface area contributed by atoms with Crippen molar-refractivity contribution in [2.24, 2.45) is 0 Å². The van der Waals surface area contributed by atoms with Crippen LogP contribution < -0.4 is 4.74 Å². The van der Waals surface area contributed by atoms with Crippen LogP contribution in [-0.2, 0) is 4.74 Å². The summed E-state index contributed by atoms with van der Waals surface area (Å²) >= 11 is 0. The third kappa shape index (κ3) is 2.54. The first kappa shape index (κ1) is 13.0. The Kier molecular flexibility index (Phi) is 3.75. The second-order valence-electron chi connectivity index (χ2n) is 3.86. The van der Waals surface area contributed by atoms with Gasteiger partial charge in [0.05, 0.1) is 19.3 Å². The van der Waals surface area contributed by atoms with Crippen LogP contribution in [0, 0.1) is 0 Å². The molecule has 0 saturated carbocycles. The van der Waals surface area contributed by atoms with Gasteiger partial charge in [-0.25, -0.2) is 4.79 Å². The molecule has 0 amide bonds. The summed E-state index contributed by atoms with van der Waals surface area (Å²) in [5, 5.41) is 0.659. The van der Waals surface area contributed by atoms with Gasteiger partial charge >= 0.3 is 5.97 Å². The van der Waals surface area contributed by atoms with Gasteiger partial charge in [-0.2, -0.15) is 0 Å². The van der Waals surface area contributed by atoms with Gasteiger partial charge in [-0.15, -0.1) is 0 Å². The van der Waals surface area contributed by atoms with Gasteiger partial charge < -0.3 is 9.47 Å². The quantitative estimate of drug-likeness (QED) is 0.622. The van der Waals surface area contributed by atoms with Crippen LogP contribution in [0.3, 0.4) is 0 Å². The Bertz CT molecular complexity index is 637. The number of pyridine rings is 1. The van der Waals surface area contributed by atoms with Crippen molar-refractivity contribution >= 4 is 23.2 Å². The number of carbonyl (C=O) groups excluding carboxylic acids is 2. The molecule has 0 fully saturated rings. The van der Waals surface area contributed by atoms with Crippen LogP contribution in [0.4, 0.5) is 0 Å². The summed E-state index contributed by atoms with van der Waals surface area (Å²) in [7, 11) is 1.50. The molecule has 0 atom stereocenters. The van der Waals surface area contributed by atoms with Gasteiger partial charge in [0.15, 0.2) is 6.29 Å². The summed E-state index contributed by atoms with van der Waals surface area (Å²) < 4.78 is 10.2. The van der Waals surface area contributed by atoms with Crippen molar-refractivity contribution in [2.75, 3.05) is 13.7 Å². The summed E-state index contributed by atoms with van der Waals surface area (Å²) in [6, 6.07) is 4.87. The van der Waals surface area contributed by atoms with Gasteiger partial charge in [-0.3, -0.25) is 9.78 Å². The van der Waals surface area contributed by atoms with Crippen LogP contribution in [0.15, 0.2) is 24.4 Å². The Morgan fingerprint density at radius 2 is 2.16 bits per heavy atom. The molecular formula is C14H13NO4. The minimum Gasteiger partial charge on any atom is -0.494 e. The van der Waals surface area contributed by atoms with E-state index in [1.165, 1.54) is 13.3 Å². The molecule has 0 radical (unpaired) electrons. The molecule has 1 aromatic heterocycles. The number of ether oxygens (including phenoxy) is 2. The highest BCUT2D eigenvalue weighted by atomic mass is 16.5. The summed E-state index contributed by atoms with van der Waals surface area (Å²) in [5.74, 6) is 0.0391. The molecule has 0 bridgehead atoms. The summed E-state index contributed by atoms with van der Waals surface area (Å²) in [4.78, 5) is 26.7. The van der Waals surface area contributed by atoms with Crippen molar-refractivity contribution in [1.29, 1.82) is 0 Å². The summed E-state index contributed by atoms with van der Waals surface area (Å²) in [6.45, 7) is 2.04. The molecule has 2 rings (SSSR count). The molecule has 0 unspecified atom stereocenters. The highest BCUT2D eigenvalue weighted by molar-refractivity contribution is 5.98. The van der Waals surface area contributed by atoms with E-state index in [0.29, 0.717) is 40.7 Å². The zero-order valence-corrected chi connectivity index (χ0v) is 10.7. The lowest BCUT2D eigenvalue weighted by Gasteiger charge is -2.08. The number of aromatic nitrogens is 1. The van der Waals surface area contributed by atoms with Crippen molar-refractivity contribution < 1.29 is 19.1 Å². The van der Waals surface area contributed by atoms with Gasteiger partial charge in [0, 0.05) is 17.1 Å². The molecule has 0 aliphatic heterocycles. The lowest BCUT2D eigenvalue weighted by Crippen LogP contribution is -2.05. The minimum absolute atomic E-state index is 0.297. The molecule has 5 heteroatoms. The van der Waals surface area contributed by atoms with Crippen molar-refractivity contribution in [3.05, 3.63) is 35.5 Å². The normalized spacial score (nSPS) is 10.2. The fourth-order valence-electron chi connectivity index (χ4n) is 1.79. The zero-order chi connectivity index (χ0) is 13.8. The Morgan fingerprint density at radius 1 is 1.37 bits per heavy atom. The van der Waals surface area contributed by atoms with Crippen LogP contribution in [0.25, 0.3) is 10.9 Å². The first-order valence-electron chi connectivity index (χ1n) is 5.79. The van der Waals surface area contributed by atoms with Gasteiger partial charge in [-0.1, -0.05) is 0 Å². The first-order chi connectivity index (χ1) is 9.19. The maximum atomic E-state index is 11.7. The zero-order valence-electron chi connectivity index (χ0n) is 10.7. The highest BCUT2D eigenvalue weighted by Crippen LogP contribution is 2.26. The number of aldehydes is 1. The standard InChI is InChI=1S/C14H13NO4/c1-3-19-14(17)11-5-10-4-9(8-16)7-15-13(10)12(6-11)18-2/h4-8H,3H2,1-2H3. The first-order valence-corrected chi connectivity index (χ1v) is 5.79. The molecule has 2 aromatic rings. The molecule has 0 saturated heterocycles. The number of hydrogen-bond donors (Lipinski definition) is 0. The van der Waals surface area contributed by atoms with Gasteiger partial charge in [0.25, 0.3) is 0 Å². The number of carbonyl (C=O) groups is 2. The number of rotatable bonds is 4. The van der Waals surface area contributed by atoms with Gasteiger partial charge in [0.1, 0.15) is 11.3 Å². The highest BCUT2D eigenvalue weighted by Gasteiger charge is 2.12. The largest absolute Gasteiger partial charge is 0.494 e. The molecule has 1 heterocycles. The van der Waals surface area contributed by atoms with Gasteiger partial charge in [0.2, 0.25) is 0 Å². The van der Waals surface area contributed by atoms with E-state index in [-0.39, 0.29) is 0 Å². The molecule has 0 spiro atoms. The summed E-state index contributed by atoms with van der Waals surface area (Å²) in [5.41, 5.74) is 1.41. The molecular weight excluding hydrogens is 246 g/mol. The predicted octanol–water partition coefficient (Wildman–Crippen LogP) is 2.23. The van der Waals surface area contributed by atoms with E-state index in [1.54, 1.807) is 25.1 Å². The van der Waals surface area contributed by atoms with Crippen LogP contribution in [0.2, 0.25) is 0 Å². The molecule has 1 aromatic carbocycles. The lowest BCUT2D eigenvalue weighted by molar-refractivity contribution is 0.0526. The van der Waals surface area contributed by atoms with E-state index in [4.69, 9.17) is 9.47 Å². The Hall–Kier alpha value is -2.43. The van der Waals surface area contributed by atoms with E-state index >= 15 is 0 Å². The Morgan fingerprint density at radius 3 is 2.79 bits per heavy atom. The number of nitrogens with zero attached hydrogens (tertiary/aromatic N) is 1. The topological polar surface area (TPSA) is 65.5 Å². The predicted molar refractivity (Wildman–Crippen MR) is 69.6 cm³/mol. The monoisotopic (exact) mass is 259 g/mol. The number of benzene rings is 1. The van der Waals surface area contributed by atoms with E-state index < -0.39 is 5.97 Å². The summed E-state index contributed by atoms with van der Waals surface area (Å²) in [6.07, 6.45) is 2.16. The fourth-order valence-corrected chi connectivity index (χ4v) is 1.79. The number of fused-ring (bicyclic) bond motifs is 1. The second-order valence-corrected chi connectivity index (χ2v) is 3.86. The SMILES string of the molecule is CCOC(=O)c1cc(OC)c2ncc(C=O)cc2c1. The molecule has 0 N–H and O–H groups in total. The maximum absolute atomic E-state index is 11.7. The van der Waals surface area contributed by atoms with Crippen molar-refractivity contribution in [3.8, 4) is 5.75 Å². The third-order valence-electron chi connectivity index (χ3n) is 2.64. The van der Waals surface area contributed by atoms with E-state index in [1.807, 2.05) is 0 Å². The number of esters is 1. The van der Waals surface area contributed by atoms with E-state index in [0.717, 1.165) is 0 Å². The van der Waals surface area contributed by atoms with Crippen LogP contribution in [0.5, 0.6) is 5.75 Å². The number of hydrogen-bond acceptors (Lipinski definition) is 5. The van der Waals surface area contributed by atoms with E-state index in [2.05, 4.69) is 4.98 Å². The molecule has 19 heavy (non-hydrogen) atoms. The average Bonchev–Trinajstić information content (AvgIpc) is 2.45. The van der Waals surface area contributed by atoms with Crippen LogP contribution >= 0.6 is 0 Å². The van der Waals surface area contributed by atoms with Crippen molar-refractivity contribution in [1.82, 2.24) is 4.98 Å². The average molecular weight is 259 g/mol. The molecule has 5 nitrogen and oxygen atoms in total. The van der Waals surface area contributed by atoms with Crippen LogP contribution in [-0.4, -0.2) is 31.0 Å². The maximum Gasteiger partial charge on any atom is 0.338 e. The van der Waals surface area contributed by atoms with Gasteiger partial charge in [-0.05, 0) is 25.1 Å². The van der Waals surface area contributed by atoms with E-state index in [9.17, 15) is 9.59 Å². The number of methoxy groups -OCH3 is 1. The second kappa shape index (κ2) is 5.48. The molecule has 0 aliphatic carbocycles.